The molecule has 0 spiro atoms. The molecule has 86 valence electrons. The van der Waals surface area contributed by atoms with Gasteiger partial charge in [-0.1, -0.05) is 0 Å². The molecule has 1 atom stereocenters. The molecule has 1 rings (SSSR count). The van der Waals surface area contributed by atoms with Crippen molar-refractivity contribution in [3.63, 3.8) is 0 Å². The molecule has 0 amide bonds. The highest BCUT2D eigenvalue weighted by molar-refractivity contribution is 5.13. The minimum atomic E-state index is 0.611. The Morgan fingerprint density at radius 1 is 1.33 bits per heavy atom. The number of hydrogen-bond acceptors (Lipinski definition) is 4. The molecule has 1 heterocycles. The summed E-state index contributed by atoms with van der Waals surface area (Å²) in [7, 11) is 4.22. The number of nitrogens with zero attached hydrogens (tertiary/aromatic N) is 2. The minimum absolute atomic E-state index is 0.611. The fourth-order valence-corrected chi connectivity index (χ4v) is 1.72. The van der Waals surface area contributed by atoms with E-state index in [-0.39, 0.29) is 0 Å². The van der Waals surface area contributed by atoms with E-state index in [1.165, 1.54) is 6.42 Å². The van der Waals surface area contributed by atoms with Gasteiger partial charge in [-0.3, -0.25) is 0 Å². The summed E-state index contributed by atoms with van der Waals surface area (Å²) in [5.41, 5.74) is 12.3. The second-order valence-corrected chi connectivity index (χ2v) is 4.35. The van der Waals surface area contributed by atoms with Gasteiger partial charge < -0.3 is 21.3 Å². The summed E-state index contributed by atoms with van der Waals surface area (Å²) >= 11 is 0. The van der Waals surface area contributed by atoms with Gasteiger partial charge in [0.1, 0.15) is 0 Å². The largest absolute Gasteiger partial charge is 0.402 e. The summed E-state index contributed by atoms with van der Waals surface area (Å²) in [4.78, 5) is 4.45. The molecule has 4 N–H and O–H groups in total. The van der Waals surface area contributed by atoms with Crippen molar-refractivity contribution in [2.75, 3.05) is 27.2 Å². The van der Waals surface area contributed by atoms with Crippen LogP contribution in [0.4, 0.5) is 0 Å². The van der Waals surface area contributed by atoms with Gasteiger partial charge in [-0.15, -0.1) is 0 Å². The molecule has 0 aromatic carbocycles. The van der Waals surface area contributed by atoms with Gasteiger partial charge in [0.25, 0.3) is 0 Å². The number of likely N-dealkylation sites (tertiary alicyclic amines) is 1. The Hall–Kier alpha value is -1.16. The second kappa shape index (κ2) is 5.07. The van der Waals surface area contributed by atoms with Crippen molar-refractivity contribution in [2.24, 2.45) is 11.5 Å². The molecule has 4 heteroatoms. The van der Waals surface area contributed by atoms with Crippen molar-refractivity contribution in [3.8, 4) is 0 Å². The first-order chi connectivity index (χ1) is 7.00. The van der Waals surface area contributed by atoms with Crippen LogP contribution in [0.1, 0.15) is 13.3 Å². The van der Waals surface area contributed by atoms with Gasteiger partial charge in [0.2, 0.25) is 0 Å². The van der Waals surface area contributed by atoms with E-state index in [9.17, 15) is 0 Å². The highest BCUT2D eigenvalue weighted by atomic mass is 15.3. The van der Waals surface area contributed by atoms with Gasteiger partial charge in [0.05, 0.1) is 5.82 Å². The van der Waals surface area contributed by atoms with Crippen LogP contribution in [0, 0.1) is 0 Å². The number of hydrogen-bond donors (Lipinski definition) is 2. The Morgan fingerprint density at radius 3 is 2.47 bits per heavy atom. The lowest BCUT2D eigenvalue weighted by molar-refractivity contribution is 0.290. The number of rotatable bonds is 3. The molecule has 1 fully saturated rings. The molecule has 4 nitrogen and oxygen atoms in total. The highest BCUT2D eigenvalue weighted by Gasteiger charge is 2.23. The van der Waals surface area contributed by atoms with Crippen molar-refractivity contribution in [1.82, 2.24) is 9.80 Å². The summed E-state index contributed by atoms with van der Waals surface area (Å²) in [6, 6.07) is 0.611. The Morgan fingerprint density at radius 2 is 2.00 bits per heavy atom. The predicted molar refractivity (Wildman–Crippen MR) is 63.9 cm³/mol. The molecular formula is C11H22N4. The molecule has 15 heavy (non-hydrogen) atoms. The molecule has 0 aromatic heterocycles. The lowest BCUT2D eigenvalue weighted by Gasteiger charge is -2.21. The molecule has 1 unspecified atom stereocenters. The summed E-state index contributed by atoms with van der Waals surface area (Å²) in [6.45, 7) is 3.89. The van der Waals surface area contributed by atoms with Crippen LogP contribution in [0.25, 0.3) is 0 Å². The molecule has 0 aromatic rings. The molecule has 1 aliphatic heterocycles. The van der Waals surface area contributed by atoms with Crippen molar-refractivity contribution >= 4 is 0 Å². The first kappa shape index (κ1) is 11.9. The van der Waals surface area contributed by atoms with Crippen molar-refractivity contribution in [3.05, 3.63) is 23.7 Å². The summed E-state index contributed by atoms with van der Waals surface area (Å²) < 4.78 is 0. The zero-order chi connectivity index (χ0) is 11.4. The van der Waals surface area contributed by atoms with Crippen LogP contribution in [-0.4, -0.2) is 43.0 Å². The van der Waals surface area contributed by atoms with E-state index < -0.39 is 0 Å². The van der Waals surface area contributed by atoms with E-state index >= 15 is 0 Å². The molecule has 0 radical (unpaired) electrons. The lowest BCUT2D eigenvalue weighted by atomic mass is 10.2. The minimum Gasteiger partial charge on any atom is -0.402 e. The van der Waals surface area contributed by atoms with E-state index in [0.29, 0.717) is 6.04 Å². The zero-order valence-corrected chi connectivity index (χ0v) is 9.90. The van der Waals surface area contributed by atoms with Gasteiger partial charge >= 0.3 is 0 Å². The average Bonchev–Trinajstić information content (AvgIpc) is 2.62. The molecule has 0 saturated carbocycles. The average molecular weight is 210 g/mol. The number of likely N-dealkylation sites (N-methyl/N-ethyl adjacent to an activating group) is 1. The van der Waals surface area contributed by atoms with E-state index in [2.05, 4.69) is 23.9 Å². The van der Waals surface area contributed by atoms with Gasteiger partial charge in [-0.2, -0.15) is 0 Å². The topological polar surface area (TPSA) is 58.5 Å². The molecular weight excluding hydrogens is 188 g/mol. The summed E-state index contributed by atoms with van der Waals surface area (Å²) in [5, 5.41) is 0. The third-order valence-corrected chi connectivity index (χ3v) is 2.78. The van der Waals surface area contributed by atoms with E-state index in [1.54, 1.807) is 0 Å². The third-order valence-electron chi connectivity index (χ3n) is 2.78. The Kier molecular flexibility index (Phi) is 4.03. The van der Waals surface area contributed by atoms with Crippen LogP contribution in [-0.2, 0) is 0 Å². The van der Waals surface area contributed by atoms with Crippen LogP contribution in [0.3, 0.4) is 0 Å². The Balaban J connectivity index is 2.53. The maximum absolute atomic E-state index is 5.96. The van der Waals surface area contributed by atoms with Gasteiger partial charge in [-0.05, 0) is 39.6 Å². The monoisotopic (exact) mass is 210 g/mol. The highest BCUT2D eigenvalue weighted by Crippen LogP contribution is 2.15. The second-order valence-electron chi connectivity index (χ2n) is 4.35. The zero-order valence-electron chi connectivity index (χ0n) is 9.90. The number of nitrogens with two attached hydrogens (primary N) is 2. The lowest BCUT2D eigenvalue weighted by Crippen LogP contribution is -2.32. The third kappa shape index (κ3) is 3.47. The van der Waals surface area contributed by atoms with E-state index in [1.807, 2.05) is 19.1 Å². The SMILES string of the molecule is C/C(N)=C/C=C(\N)N1CCC(N(C)C)C1. The first-order valence-corrected chi connectivity index (χ1v) is 5.31. The van der Waals surface area contributed by atoms with Crippen LogP contribution >= 0.6 is 0 Å². The van der Waals surface area contributed by atoms with Gasteiger partial charge in [-0.25, -0.2) is 0 Å². The quantitative estimate of drug-likeness (QED) is 0.657. The van der Waals surface area contributed by atoms with Crippen molar-refractivity contribution in [1.29, 1.82) is 0 Å². The maximum Gasteiger partial charge on any atom is 0.0987 e. The Bertz CT molecular complexity index is 264. The molecule has 0 bridgehead atoms. The summed E-state index contributed by atoms with van der Waals surface area (Å²) in [5.74, 6) is 0.809. The van der Waals surface area contributed by atoms with Crippen molar-refractivity contribution < 1.29 is 0 Å². The predicted octanol–water partition coefficient (Wildman–Crippen LogP) is 0.285. The maximum atomic E-state index is 5.96. The van der Waals surface area contributed by atoms with Gasteiger partial charge in [0, 0.05) is 24.8 Å². The number of allylic oxidation sites excluding steroid dienone is 3. The van der Waals surface area contributed by atoms with Crippen molar-refractivity contribution in [2.45, 2.75) is 19.4 Å². The first-order valence-electron chi connectivity index (χ1n) is 5.31. The fraction of sp³-hybridized carbons (Fsp3) is 0.636. The standard InChI is InChI=1S/C11H22N4/c1-9(12)4-5-11(13)15-7-6-10(8-15)14(2)3/h4-5,10H,6-8,12-13H2,1-3H3/b9-4-,11-5+. The molecule has 1 aliphatic rings. The van der Waals surface area contributed by atoms with Crippen LogP contribution < -0.4 is 11.5 Å². The van der Waals surface area contributed by atoms with Gasteiger partial charge in [0.15, 0.2) is 0 Å². The van der Waals surface area contributed by atoms with E-state index in [0.717, 1.165) is 24.6 Å². The fourth-order valence-electron chi connectivity index (χ4n) is 1.72. The molecule has 0 aliphatic carbocycles. The summed E-state index contributed by atoms with van der Waals surface area (Å²) in [6.07, 6.45) is 4.90. The normalized spacial score (nSPS) is 24.0. The van der Waals surface area contributed by atoms with Crippen LogP contribution in [0.2, 0.25) is 0 Å². The van der Waals surface area contributed by atoms with Crippen LogP contribution in [0.5, 0.6) is 0 Å². The Labute approximate surface area is 92.2 Å². The van der Waals surface area contributed by atoms with Crippen LogP contribution in [0.15, 0.2) is 23.7 Å². The van der Waals surface area contributed by atoms with E-state index in [4.69, 9.17) is 11.5 Å². The smallest absolute Gasteiger partial charge is 0.0987 e. The molecule has 1 saturated heterocycles.